The van der Waals surface area contributed by atoms with Gasteiger partial charge in [0.2, 0.25) is 5.91 Å². The molecule has 33 heavy (non-hydrogen) atoms. The molecule has 1 aliphatic rings. The summed E-state index contributed by atoms with van der Waals surface area (Å²) in [6, 6.07) is 12.6. The molecule has 1 aliphatic heterocycles. The molecular weight excluding hydrogens is 420 g/mol. The van der Waals surface area contributed by atoms with Crippen molar-refractivity contribution in [1.82, 2.24) is 24.8 Å². The summed E-state index contributed by atoms with van der Waals surface area (Å²) in [4.78, 5) is 51.4. The Morgan fingerprint density at radius 1 is 1.15 bits per heavy atom. The Balaban J connectivity index is 1.48. The van der Waals surface area contributed by atoms with E-state index in [9.17, 15) is 14.4 Å². The van der Waals surface area contributed by atoms with E-state index in [1.807, 2.05) is 18.2 Å². The van der Waals surface area contributed by atoms with Crippen molar-refractivity contribution < 1.29 is 9.59 Å². The molecule has 1 saturated heterocycles. The zero-order valence-electron chi connectivity index (χ0n) is 18.4. The lowest BCUT2D eigenvalue weighted by molar-refractivity contribution is -0.129. The van der Waals surface area contributed by atoms with Crippen molar-refractivity contribution in [1.29, 1.82) is 0 Å². The second kappa shape index (κ2) is 7.77. The Bertz CT molecular complexity index is 1470. The number of carbonyl (C=O) groups is 2. The van der Waals surface area contributed by atoms with Crippen LogP contribution >= 0.6 is 0 Å². The van der Waals surface area contributed by atoms with E-state index in [0.717, 1.165) is 6.42 Å². The molecule has 2 amide bonds. The summed E-state index contributed by atoms with van der Waals surface area (Å²) in [6.45, 7) is 2.61. The number of hydrogen-bond donors (Lipinski definition) is 3. The molecule has 0 spiro atoms. The van der Waals surface area contributed by atoms with Gasteiger partial charge in [-0.3, -0.25) is 14.4 Å². The Morgan fingerprint density at radius 2 is 1.94 bits per heavy atom. The molecule has 0 bridgehead atoms. The maximum Gasteiger partial charge on any atom is 0.276 e. The standard InChI is InChI=1S/C24H24N6O3/c1-13(31)29(2)15-9-10-30(12-15)24(33)14-7-8-17-16(11-14)20(25)21(26-17)22-23(32)28-19-6-4-3-5-18(19)27-22/h3-8,11,15,26H,9-10,12,25H2,1-2H3,(H,28,32). The number of carbonyl (C=O) groups excluding carboxylic acids is 2. The lowest BCUT2D eigenvalue weighted by Crippen LogP contribution is -2.38. The molecule has 0 radical (unpaired) electrons. The number of benzene rings is 2. The summed E-state index contributed by atoms with van der Waals surface area (Å²) < 4.78 is 0. The molecule has 1 fully saturated rings. The Hall–Kier alpha value is -4.14. The van der Waals surface area contributed by atoms with Gasteiger partial charge in [0.1, 0.15) is 0 Å². The monoisotopic (exact) mass is 444 g/mol. The minimum Gasteiger partial charge on any atom is -0.396 e. The Kier molecular flexibility index (Phi) is 4.88. The zero-order valence-corrected chi connectivity index (χ0v) is 18.4. The van der Waals surface area contributed by atoms with Crippen LogP contribution in [0.25, 0.3) is 33.3 Å². The highest BCUT2D eigenvalue weighted by Gasteiger charge is 2.30. The minimum absolute atomic E-state index is 0.0133. The number of nitrogens with one attached hydrogen (secondary N) is 2. The second-order valence-corrected chi connectivity index (χ2v) is 8.43. The summed E-state index contributed by atoms with van der Waals surface area (Å²) in [5, 5.41) is 0.654. The van der Waals surface area contributed by atoms with Gasteiger partial charge in [-0.05, 0) is 36.8 Å². The van der Waals surface area contributed by atoms with Crippen LogP contribution in [0.4, 0.5) is 5.69 Å². The van der Waals surface area contributed by atoms with Gasteiger partial charge in [-0.1, -0.05) is 12.1 Å². The van der Waals surface area contributed by atoms with Gasteiger partial charge in [-0.25, -0.2) is 4.98 Å². The molecule has 9 heteroatoms. The number of nitrogens with two attached hydrogens (primary N) is 1. The molecule has 5 rings (SSSR count). The first kappa shape index (κ1) is 20.7. The van der Waals surface area contributed by atoms with Gasteiger partial charge in [0.25, 0.3) is 11.5 Å². The molecule has 4 N–H and O–H groups in total. The van der Waals surface area contributed by atoms with E-state index in [2.05, 4.69) is 15.0 Å². The number of fused-ring (bicyclic) bond motifs is 2. The minimum atomic E-state index is -0.346. The average molecular weight is 444 g/mol. The summed E-state index contributed by atoms with van der Waals surface area (Å²) in [6.07, 6.45) is 0.747. The second-order valence-electron chi connectivity index (χ2n) is 8.43. The number of anilines is 1. The number of nitrogens with zero attached hydrogens (tertiary/aromatic N) is 3. The summed E-state index contributed by atoms with van der Waals surface area (Å²) in [5.74, 6) is -0.124. The predicted octanol–water partition coefficient (Wildman–Crippen LogP) is 2.35. The predicted molar refractivity (Wildman–Crippen MR) is 127 cm³/mol. The fourth-order valence-electron chi connectivity index (χ4n) is 4.41. The normalized spacial score (nSPS) is 15.9. The number of aromatic amines is 2. The number of para-hydroxylation sites is 2. The largest absolute Gasteiger partial charge is 0.396 e. The molecule has 4 aromatic rings. The van der Waals surface area contributed by atoms with E-state index in [4.69, 9.17) is 5.73 Å². The van der Waals surface area contributed by atoms with Gasteiger partial charge in [0.05, 0.1) is 28.5 Å². The van der Waals surface area contributed by atoms with Gasteiger partial charge in [-0.2, -0.15) is 0 Å². The molecule has 2 aromatic heterocycles. The number of likely N-dealkylation sites (N-methyl/N-ethyl adjacent to an activating group) is 1. The first-order valence-electron chi connectivity index (χ1n) is 10.8. The molecule has 9 nitrogen and oxygen atoms in total. The first-order valence-corrected chi connectivity index (χ1v) is 10.8. The topological polar surface area (TPSA) is 128 Å². The van der Waals surface area contributed by atoms with Crippen LogP contribution in [0.15, 0.2) is 47.3 Å². The number of nitrogen functional groups attached to an aromatic ring is 1. The third-order valence-corrected chi connectivity index (χ3v) is 6.42. The van der Waals surface area contributed by atoms with Gasteiger partial charge in [0.15, 0.2) is 5.69 Å². The molecule has 0 saturated carbocycles. The van der Waals surface area contributed by atoms with Crippen LogP contribution in [0.5, 0.6) is 0 Å². The average Bonchev–Trinajstić information content (AvgIpc) is 3.42. The lowest BCUT2D eigenvalue weighted by atomic mass is 10.1. The molecule has 168 valence electrons. The van der Waals surface area contributed by atoms with Gasteiger partial charge in [-0.15, -0.1) is 0 Å². The molecular formula is C24H24N6O3. The van der Waals surface area contributed by atoms with E-state index in [0.29, 0.717) is 52.0 Å². The highest BCUT2D eigenvalue weighted by atomic mass is 16.2. The van der Waals surface area contributed by atoms with Crippen molar-refractivity contribution in [3.8, 4) is 11.4 Å². The highest BCUT2D eigenvalue weighted by Crippen LogP contribution is 2.32. The zero-order chi connectivity index (χ0) is 23.3. The fourth-order valence-corrected chi connectivity index (χ4v) is 4.41. The summed E-state index contributed by atoms with van der Waals surface area (Å²) >= 11 is 0. The van der Waals surface area contributed by atoms with Crippen molar-refractivity contribution in [3.63, 3.8) is 0 Å². The maximum atomic E-state index is 13.1. The highest BCUT2D eigenvalue weighted by molar-refractivity contribution is 6.04. The lowest BCUT2D eigenvalue weighted by Gasteiger charge is -2.23. The van der Waals surface area contributed by atoms with E-state index in [1.165, 1.54) is 6.92 Å². The number of rotatable bonds is 3. The van der Waals surface area contributed by atoms with E-state index < -0.39 is 0 Å². The van der Waals surface area contributed by atoms with E-state index >= 15 is 0 Å². The van der Waals surface area contributed by atoms with Crippen molar-refractivity contribution in [2.24, 2.45) is 0 Å². The number of aromatic nitrogens is 3. The van der Waals surface area contributed by atoms with Gasteiger partial charge in [0, 0.05) is 43.5 Å². The van der Waals surface area contributed by atoms with Crippen molar-refractivity contribution in [2.75, 3.05) is 25.9 Å². The molecule has 3 heterocycles. The molecule has 1 unspecified atom stereocenters. The van der Waals surface area contributed by atoms with E-state index in [1.54, 1.807) is 41.1 Å². The summed E-state index contributed by atoms with van der Waals surface area (Å²) in [7, 11) is 1.76. The number of amides is 2. The molecule has 1 atom stereocenters. The number of hydrogen-bond acceptors (Lipinski definition) is 5. The molecule has 2 aromatic carbocycles. The van der Waals surface area contributed by atoms with Crippen LogP contribution in [0.3, 0.4) is 0 Å². The quantitative estimate of drug-likeness (QED) is 0.447. The third-order valence-electron chi connectivity index (χ3n) is 6.42. The molecule has 0 aliphatic carbocycles. The third kappa shape index (κ3) is 3.51. The smallest absolute Gasteiger partial charge is 0.276 e. The van der Waals surface area contributed by atoms with Crippen LogP contribution < -0.4 is 11.3 Å². The number of likely N-dealkylation sites (tertiary alicyclic amines) is 1. The Labute approximate surface area is 189 Å². The van der Waals surface area contributed by atoms with Gasteiger partial charge < -0.3 is 25.5 Å². The van der Waals surface area contributed by atoms with Crippen LogP contribution in [0.1, 0.15) is 23.7 Å². The van der Waals surface area contributed by atoms with Crippen LogP contribution in [0.2, 0.25) is 0 Å². The van der Waals surface area contributed by atoms with Crippen LogP contribution in [-0.4, -0.2) is 62.7 Å². The first-order chi connectivity index (χ1) is 15.8. The summed E-state index contributed by atoms with van der Waals surface area (Å²) in [5.41, 5.74) is 9.56. The van der Waals surface area contributed by atoms with Crippen LogP contribution in [0, 0.1) is 0 Å². The fraction of sp³-hybridized carbons (Fsp3) is 0.250. The van der Waals surface area contributed by atoms with Crippen molar-refractivity contribution in [2.45, 2.75) is 19.4 Å². The Morgan fingerprint density at radius 3 is 2.73 bits per heavy atom. The van der Waals surface area contributed by atoms with Crippen LogP contribution in [-0.2, 0) is 4.79 Å². The van der Waals surface area contributed by atoms with Gasteiger partial charge >= 0.3 is 0 Å². The maximum absolute atomic E-state index is 13.1. The number of H-pyrrole nitrogens is 2. The van der Waals surface area contributed by atoms with E-state index in [-0.39, 0.29) is 29.1 Å². The van der Waals surface area contributed by atoms with Crippen molar-refractivity contribution >= 4 is 39.4 Å². The SMILES string of the molecule is CC(=O)N(C)C1CCN(C(=O)c2ccc3[nH]c(-c4nc5ccccc5[nH]c4=O)c(N)c3c2)C1. The van der Waals surface area contributed by atoms with Crippen molar-refractivity contribution in [3.05, 3.63) is 58.4 Å².